The normalized spacial score (nSPS) is 11.7. The number of nitrogens with one attached hydrogen (secondary N) is 1. The zero-order valence-electron chi connectivity index (χ0n) is 10.7. The largest absolute Gasteiger partial charge is 0.348 e. The minimum absolute atomic E-state index is 0.0179. The van der Waals surface area contributed by atoms with Crippen LogP contribution in [0, 0.1) is 17.1 Å². The van der Waals surface area contributed by atoms with E-state index in [1.165, 1.54) is 23.1 Å². The number of halogens is 1. The first-order valence-electron chi connectivity index (χ1n) is 5.93. The fourth-order valence-electron chi connectivity index (χ4n) is 1.69. The first-order chi connectivity index (χ1) is 9.58. The number of nitrogens with zero attached hydrogens (tertiary/aromatic N) is 4. The molecule has 0 aliphatic rings. The van der Waals surface area contributed by atoms with Gasteiger partial charge in [0, 0.05) is 0 Å². The Morgan fingerprint density at radius 1 is 1.50 bits per heavy atom. The smallest absolute Gasteiger partial charge is 0.252 e. The summed E-state index contributed by atoms with van der Waals surface area (Å²) < 4.78 is 14.1. The summed E-state index contributed by atoms with van der Waals surface area (Å²) >= 11 is 0. The Labute approximate surface area is 114 Å². The highest BCUT2D eigenvalue weighted by Crippen LogP contribution is 2.12. The molecule has 0 saturated heterocycles. The molecule has 0 aliphatic heterocycles. The molecule has 20 heavy (non-hydrogen) atoms. The van der Waals surface area contributed by atoms with Crippen LogP contribution in [0.5, 0.6) is 0 Å². The Morgan fingerprint density at radius 2 is 2.20 bits per heavy atom. The molecule has 0 spiro atoms. The predicted molar refractivity (Wildman–Crippen MR) is 67.7 cm³/mol. The van der Waals surface area contributed by atoms with Gasteiger partial charge in [-0.15, -0.1) is 5.10 Å². The van der Waals surface area contributed by atoms with Crippen LogP contribution in [-0.4, -0.2) is 20.7 Å². The van der Waals surface area contributed by atoms with E-state index >= 15 is 0 Å². The summed E-state index contributed by atoms with van der Waals surface area (Å²) in [6, 6.07) is 7.45. The summed E-state index contributed by atoms with van der Waals surface area (Å²) in [5.41, 5.74) is 0.802. The number of amides is 1. The van der Waals surface area contributed by atoms with E-state index in [0.29, 0.717) is 0 Å². The second-order valence-electron chi connectivity index (χ2n) is 4.22. The van der Waals surface area contributed by atoms with Gasteiger partial charge in [-0.05, 0) is 24.6 Å². The maximum atomic E-state index is 12.8. The Morgan fingerprint density at radius 3 is 2.80 bits per heavy atom. The summed E-state index contributed by atoms with van der Waals surface area (Å²) in [4.78, 5) is 15.5. The van der Waals surface area contributed by atoms with Crippen LogP contribution in [0.1, 0.15) is 24.4 Å². The molecule has 0 unspecified atom stereocenters. The van der Waals surface area contributed by atoms with Crippen molar-refractivity contribution < 1.29 is 9.18 Å². The molecule has 7 heteroatoms. The van der Waals surface area contributed by atoms with E-state index < -0.39 is 0 Å². The van der Waals surface area contributed by atoms with Crippen LogP contribution in [0.25, 0.3) is 0 Å². The number of carbonyl (C=O) groups excluding carboxylic acids is 1. The van der Waals surface area contributed by atoms with E-state index in [4.69, 9.17) is 5.26 Å². The van der Waals surface area contributed by atoms with Crippen LogP contribution in [-0.2, 0) is 11.3 Å². The molecule has 1 aromatic carbocycles. The Balaban J connectivity index is 1.94. The lowest BCUT2D eigenvalue weighted by molar-refractivity contribution is -0.122. The van der Waals surface area contributed by atoms with Crippen LogP contribution in [0.3, 0.4) is 0 Å². The van der Waals surface area contributed by atoms with Crippen molar-refractivity contribution in [1.29, 1.82) is 5.26 Å². The van der Waals surface area contributed by atoms with Crippen molar-refractivity contribution in [3.63, 3.8) is 0 Å². The fraction of sp³-hybridized carbons (Fsp3) is 0.231. The van der Waals surface area contributed by atoms with Gasteiger partial charge in [-0.3, -0.25) is 4.79 Å². The molecule has 0 saturated carbocycles. The molecule has 2 aromatic rings. The van der Waals surface area contributed by atoms with E-state index in [1.54, 1.807) is 25.1 Å². The number of rotatable bonds is 4. The monoisotopic (exact) mass is 273 g/mol. The zero-order valence-corrected chi connectivity index (χ0v) is 10.7. The Bertz CT molecular complexity index is 644. The molecular formula is C13H12FN5O. The second kappa shape index (κ2) is 5.93. The minimum atomic E-state index is -0.320. The Hall–Kier alpha value is -2.75. The lowest BCUT2D eigenvalue weighted by Crippen LogP contribution is -2.30. The fourth-order valence-corrected chi connectivity index (χ4v) is 1.69. The van der Waals surface area contributed by atoms with Crippen LogP contribution >= 0.6 is 0 Å². The van der Waals surface area contributed by atoms with Crippen LogP contribution in [0.2, 0.25) is 0 Å². The van der Waals surface area contributed by atoms with Crippen molar-refractivity contribution in [3.05, 3.63) is 47.8 Å². The highest BCUT2D eigenvalue weighted by Gasteiger charge is 2.11. The SMILES string of the molecule is C[C@@H](NC(=O)Cn1cnc(C#N)n1)c1ccc(F)cc1. The molecule has 1 heterocycles. The number of nitriles is 1. The highest BCUT2D eigenvalue weighted by molar-refractivity contribution is 5.76. The first kappa shape index (κ1) is 13.7. The number of benzene rings is 1. The van der Waals surface area contributed by atoms with Crippen molar-refractivity contribution in [2.45, 2.75) is 19.5 Å². The average Bonchev–Trinajstić information content (AvgIpc) is 2.86. The number of hydrogen-bond donors (Lipinski definition) is 1. The maximum absolute atomic E-state index is 12.8. The summed E-state index contributed by atoms with van der Waals surface area (Å²) in [6.07, 6.45) is 1.32. The molecule has 0 bridgehead atoms. The van der Waals surface area contributed by atoms with Gasteiger partial charge >= 0.3 is 0 Å². The van der Waals surface area contributed by atoms with E-state index in [1.807, 2.05) is 0 Å². The first-order valence-corrected chi connectivity index (χ1v) is 5.93. The molecule has 102 valence electrons. The molecule has 1 atom stereocenters. The minimum Gasteiger partial charge on any atom is -0.348 e. The second-order valence-corrected chi connectivity index (χ2v) is 4.22. The van der Waals surface area contributed by atoms with E-state index in [-0.39, 0.29) is 30.1 Å². The van der Waals surface area contributed by atoms with Gasteiger partial charge in [0.15, 0.2) is 0 Å². The molecule has 1 amide bonds. The van der Waals surface area contributed by atoms with E-state index in [0.717, 1.165) is 5.56 Å². The summed E-state index contributed by atoms with van der Waals surface area (Å²) in [5, 5.41) is 15.1. The molecule has 0 radical (unpaired) electrons. The van der Waals surface area contributed by atoms with Gasteiger partial charge in [0.25, 0.3) is 5.82 Å². The third-order valence-electron chi connectivity index (χ3n) is 2.69. The van der Waals surface area contributed by atoms with Crippen molar-refractivity contribution >= 4 is 5.91 Å². The van der Waals surface area contributed by atoms with E-state index in [2.05, 4.69) is 15.4 Å². The zero-order chi connectivity index (χ0) is 14.5. The van der Waals surface area contributed by atoms with Crippen LogP contribution in [0.15, 0.2) is 30.6 Å². The van der Waals surface area contributed by atoms with E-state index in [9.17, 15) is 9.18 Å². The third-order valence-corrected chi connectivity index (χ3v) is 2.69. The molecule has 0 fully saturated rings. The van der Waals surface area contributed by atoms with Gasteiger partial charge in [0.1, 0.15) is 24.8 Å². The van der Waals surface area contributed by atoms with Crippen molar-refractivity contribution in [2.24, 2.45) is 0 Å². The van der Waals surface area contributed by atoms with Crippen LogP contribution < -0.4 is 5.32 Å². The summed E-state index contributed by atoms with van der Waals surface area (Å²) in [5.74, 6) is -0.570. The van der Waals surface area contributed by atoms with Gasteiger partial charge in [-0.25, -0.2) is 14.1 Å². The summed E-state index contributed by atoms with van der Waals surface area (Å²) in [6.45, 7) is 1.77. The number of carbonyl (C=O) groups is 1. The standard InChI is InChI=1S/C13H12FN5O/c1-9(10-2-4-11(14)5-3-10)17-13(20)7-19-8-16-12(6-15)18-19/h2-5,8-9H,7H2,1H3,(H,17,20)/t9-/m1/s1. The maximum Gasteiger partial charge on any atom is 0.252 e. The Kier molecular flexibility index (Phi) is 4.05. The number of hydrogen-bond acceptors (Lipinski definition) is 4. The molecule has 1 N–H and O–H groups in total. The third kappa shape index (κ3) is 3.38. The van der Waals surface area contributed by atoms with Crippen molar-refractivity contribution in [3.8, 4) is 6.07 Å². The van der Waals surface area contributed by atoms with Gasteiger partial charge < -0.3 is 5.32 Å². The predicted octanol–water partition coefficient (Wildman–Crippen LogP) is 1.17. The molecular weight excluding hydrogens is 261 g/mol. The lowest BCUT2D eigenvalue weighted by atomic mass is 10.1. The highest BCUT2D eigenvalue weighted by atomic mass is 19.1. The molecule has 6 nitrogen and oxygen atoms in total. The van der Waals surface area contributed by atoms with Gasteiger partial charge in [-0.2, -0.15) is 5.26 Å². The average molecular weight is 273 g/mol. The topological polar surface area (TPSA) is 83.6 Å². The number of aromatic nitrogens is 3. The van der Waals surface area contributed by atoms with Gasteiger partial charge in [0.05, 0.1) is 6.04 Å². The molecule has 0 aliphatic carbocycles. The van der Waals surface area contributed by atoms with Gasteiger partial charge in [-0.1, -0.05) is 12.1 Å². The quantitative estimate of drug-likeness (QED) is 0.906. The lowest BCUT2D eigenvalue weighted by Gasteiger charge is -2.14. The summed E-state index contributed by atoms with van der Waals surface area (Å²) in [7, 11) is 0. The van der Waals surface area contributed by atoms with Crippen molar-refractivity contribution in [1.82, 2.24) is 20.1 Å². The molecule has 1 aromatic heterocycles. The molecule has 2 rings (SSSR count). The van der Waals surface area contributed by atoms with Gasteiger partial charge in [0.2, 0.25) is 5.91 Å². The van der Waals surface area contributed by atoms with Crippen LogP contribution in [0.4, 0.5) is 4.39 Å². The van der Waals surface area contributed by atoms with Crippen molar-refractivity contribution in [2.75, 3.05) is 0 Å².